The van der Waals surface area contributed by atoms with Crippen molar-refractivity contribution < 1.29 is 9.53 Å². The summed E-state index contributed by atoms with van der Waals surface area (Å²) in [5, 5.41) is 2.98. The predicted octanol–water partition coefficient (Wildman–Crippen LogP) is 5.08. The Morgan fingerprint density at radius 3 is 2.47 bits per heavy atom. The van der Waals surface area contributed by atoms with Gasteiger partial charge < -0.3 is 14.6 Å². The highest BCUT2D eigenvalue weighted by Crippen LogP contribution is 2.24. The van der Waals surface area contributed by atoms with Crippen molar-refractivity contribution in [2.24, 2.45) is 5.92 Å². The molecule has 1 heterocycles. The Hall–Kier alpha value is -2.82. The number of fused-ring (bicyclic) bond motifs is 1. The van der Waals surface area contributed by atoms with E-state index in [1.807, 2.05) is 44.2 Å². The van der Waals surface area contributed by atoms with Gasteiger partial charge in [-0.3, -0.25) is 4.79 Å². The third-order valence-corrected chi connectivity index (χ3v) is 5.19. The van der Waals surface area contributed by atoms with Gasteiger partial charge in [0.1, 0.15) is 11.6 Å². The summed E-state index contributed by atoms with van der Waals surface area (Å²) in [5.41, 5.74) is 3.47. The van der Waals surface area contributed by atoms with Crippen LogP contribution in [0, 0.1) is 5.92 Å². The molecule has 0 aliphatic rings. The summed E-state index contributed by atoms with van der Waals surface area (Å²) in [6.07, 6.45) is 0.854. The molecule has 3 rings (SSSR count). The molecule has 160 valence electrons. The van der Waals surface area contributed by atoms with E-state index in [9.17, 15) is 4.79 Å². The van der Waals surface area contributed by atoms with Crippen molar-refractivity contribution in [2.45, 2.75) is 59.5 Å². The summed E-state index contributed by atoms with van der Waals surface area (Å²) in [6.45, 7) is 12.2. The number of para-hydroxylation sites is 2. The van der Waals surface area contributed by atoms with Gasteiger partial charge in [-0.25, -0.2) is 4.98 Å². The maximum atomic E-state index is 12.0. The summed E-state index contributed by atoms with van der Waals surface area (Å²) >= 11 is 0. The Labute approximate surface area is 179 Å². The average Bonchev–Trinajstić information content (AvgIpc) is 3.06. The zero-order valence-corrected chi connectivity index (χ0v) is 18.7. The smallest absolute Gasteiger partial charge is 0.222 e. The number of imidazole rings is 1. The van der Waals surface area contributed by atoms with Crippen molar-refractivity contribution in [3.05, 3.63) is 59.9 Å². The zero-order chi connectivity index (χ0) is 21.7. The first-order valence-electron chi connectivity index (χ1n) is 10.7. The number of aromatic nitrogens is 2. The standard InChI is InChI=1S/C25H33N3O2/c1-18(2)24(29)26-17-23-27-21-9-6-7-10-22(21)28(23)15-8-16-30-20-13-11-19(12-14-20)25(3,4)5/h6-7,9-14,18H,8,15-17H2,1-5H3,(H,26,29). The van der Waals surface area contributed by atoms with E-state index in [4.69, 9.17) is 9.72 Å². The lowest BCUT2D eigenvalue weighted by atomic mass is 9.87. The second kappa shape index (κ2) is 9.33. The summed E-state index contributed by atoms with van der Waals surface area (Å²) in [5.74, 6) is 1.76. The molecular weight excluding hydrogens is 374 g/mol. The van der Waals surface area contributed by atoms with Crippen LogP contribution >= 0.6 is 0 Å². The highest BCUT2D eigenvalue weighted by Gasteiger charge is 2.14. The Balaban J connectivity index is 1.62. The average molecular weight is 408 g/mol. The molecule has 0 radical (unpaired) electrons. The van der Waals surface area contributed by atoms with Crippen LogP contribution < -0.4 is 10.1 Å². The first-order valence-corrected chi connectivity index (χ1v) is 10.7. The van der Waals surface area contributed by atoms with Crippen LogP contribution in [-0.2, 0) is 23.3 Å². The third-order valence-electron chi connectivity index (χ3n) is 5.19. The fraction of sp³-hybridized carbons (Fsp3) is 0.440. The number of hydrogen-bond donors (Lipinski definition) is 1. The van der Waals surface area contributed by atoms with Gasteiger partial charge in [-0.1, -0.05) is 58.9 Å². The van der Waals surface area contributed by atoms with Crippen molar-refractivity contribution >= 4 is 16.9 Å². The molecule has 0 atom stereocenters. The van der Waals surface area contributed by atoms with Gasteiger partial charge in [0.2, 0.25) is 5.91 Å². The molecule has 0 spiro atoms. The normalized spacial score (nSPS) is 11.8. The van der Waals surface area contributed by atoms with E-state index in [2.05, 4.69) is 48.9 Å². The van der Waals surface area contributed by atoms with Gasteiger partial charge in [-0.05, 0) is 41.7 Å². The Bertz CT molecular complexity index is 982. The molecule has 0 aliphatic carbocycles. The van der Waals surface area contributed by atoms with Crippen LogP contribution in [0.1, 0.15) is 52.4 Å². The Kier molecular flexibility index (Phi) is 6.80. The Morgan fingerprint density at radius 2 is 1.80 bits per heavy atom. The second-order valence-electron chi connectivity index (χ2n) is 9.02. The number of carbonyl (C=O) groups excluding carboxylic acids is 1. The number of nitrogens with zero attached hydrogens (tertiary/aromatic N) is 2. The van der Waals surface area contributed by atoms with Crippen molar-refractivity contribution in [1.82, 2.24) is 14.9 Å². The first kappa shape index (κ1) is 21.9. The molecule has 0 aliphatic heterocycles. The minimum atomic E-state index is -0.0408. The molecule has 5 heteroatoms. The highest BCUT2D eigenvalue weighted by molar-refractivity contribution is 5.78. The molecule has 1 amide bonds. The predicted molar refractivity (Wildman–Crippen MR) is 122 cm³/mol. The summed E-state index contributed by atoms with van der Waals surface area (Å²) in [6, 6.07) is 16.4. The number of rotatable bonds is 8. The largest absolute Gasteiger partial charge is 0.494 e. The zero-order valence-electron chi connectivity index (χ0n) is 18.7. The fourth-order valence-corrected chi connectivity index (χ4v) is 3.34. The lowest BCUT2D eigenvalue weighted by Gasteiger charge is -2.19. The van der Waals surface area contributed by atoms with Gasteiger partial charge in [-0.15, -0.1) is 0 Å². The molecule has 0 unspecified atom stereocenters. The number of nitrogens with one attached hydrogen (secondary N) is 1. The molecule has 0 saturated heterocycles. The van der Waals surface area contributed by atoms with Crippen LogP contribution in [0.2, 0.25) is 0 Å². The van der Waals surface area contributed by atoms with Crippen LogP contribution in [0.5, 0.6) is 5.75 Å². The maximum absolute atomic E-state index is 12.0. The van der Waals surface area contributed by atoms with E-state index in [-0.39, 0.29) is 17.2 Å². The third kappa shape index (κ3) is 5.41. The Morgan fingerprint density at radius 1 is 1.10 bits per heavy atom. The topological polar surface area (TPSA) is 56.2 Å². The van der Waals surface area contributed by atoms with Gasteiger partial charge >= 0.3 is 0 Å². The van der Waals surface area contributed by atoms with E-state index >= 15 is 0 Å². The van der Waals surface area contributed by atoms with Crippen LogP contribution in [0.3, 0.4) is 0 Å². The molecule has 30 heavy (non-hydrogen) atoms. The second-order valence-corrected chi connectivity index (χ2v) is 9.02. The minimum absolute atomic E-state index is 0.0376. The quantitative estimate of drug-likeness (QED) is 0.530. The number of carbonyl (C=O) groups is 1. The number of amides is 1. The van der Waals surface area contributed by atoms with E-state index in [1.54, 1.807) is 0 Å². The van der Waals surface area contributed by atoms with Gasteiger partial charge in [-0.2, -0.15) is 0 Å². The van der Waals surface area contributed by atoms with Gasteiger partial charge in [0.05, 0.1) is 24.2 Å². The molecule has 1 aromatic heterocycles. The van der Waals surface area contributed by atoms with Crippen LogP contribution in [0.25, 0.3) is 11.0 Å². The molecule has 2 aromatic carbocycles. The number of ether oxygens (including phenoxy) is 1. The molecule has 5 nitrogen and oxygen atoms in total. The minimum Gasteiger partial charge on any atom is -0.494 e. The number of aryl methyl sites for hydroxylation is 1. The molecule has 0 fully saturated rings. The van der Waals surface area contributed by atoms with E-state index in [0.29, 0.717) is 13.2 Å². The monoisotopic (exact) mass is 407 g/mol. The van der Waals surface area contributed by atoms with E-state index in [0.717, 1.165) is 35.6 Å². The highest BCUT2D eigenvalue weighted by atomic mass is 16.5. The molecule has 0 saturated carbocycles. The van der Waals surface area contributed by atoms with Crippen molar-refractivity contribution in [1.29, 1.82) is 0 Å². The number of benzene rings is 2. The SMILES string of the molecule is CC(C)C(=O)NCc1nc2ccccc2n1CCCOc1ccc(C(C)(C)C)cc1. The van der Waals surface area contributed by atoms with Gasteiger partial charge in [0, 0.05) is 12.5 Å². The molecule has 0 bridgehead atoms. The van der Waals surface area contributed by atoms with E-state index in [1.165, 1.54) is 5.56 Å². The molecule has 3 aromatic rings. The molecule has 1 N–H and O–H groups in total. The van der Waals surface area contributed by atoms with Crippen LogP contribution in [-0.4, -0.2) is 22.1 Å². The summed E-state index contributed by atoms with van der Waals surface area (Å²) in [4.78, 5) is 16.7. The first-order chi connectivity index (χ1) is 14.3. The lowest BCUT2D eigenvalue weighted by Crippen LogP contribution is -2.28. The maximum Gasteiger partial charge on any atom is 0.222 e. The van der Waals surface area contributed by atoms with Crippen molar-refractivity contribution in [2.75, 3.05) is 6.61 Å². The van der Waals surface area contributed by atoms with Gasteiger partial charge in [0.15, 0.2) is 0 Å². The summed E-state index contributed by atoms with van der Waals surface area (Å²) < 4.78 is 8.13. The van der Waals surface area contributed by atoms with Crippen LogP contribution in [0.4, 0.5) is 0 Å². The van der Waals surface area contributed by atoms with Crippen molar-refractivity contribution in [3.63, 3.8) is 0 Å². The van der Waals surface area contributed by atoms with Gasteiger partial charge in [0.25, 0.3) is 0 Å². The van der Waals surface area contributed by atoms with E-state index < -0.39 is 0 Å². The van der Waals surface area contributed by atoms with Crippen LogP contribution in [0.15, 0.2) is 48.5 Å². The fourth-order valence-electron chi connectivity index (χ4n) is 3.34. The molecular formula is C25H33N3O2. The van der Waals surface area contributed by atoms with Crippen molar-refractivity contribution in [3.8, 4) is 5.75 Å². The lowest BCUT2D eigenvalue weighted by molar-refractivity contribution is -0.124. The number of hydrogen-bond acceptors (Lipinski definition) is 3. The summed E-state index contributed by atoms with van der Waals surface area (Å²) in [7, 11) is 0.